The van der Waals surface area contributed by atoms with Crippen LogP contribution in [0, 0.1) is 10.1 Å². The minimum atomic E-state index is -2.78. The van der Waals surface area contributed by atoms with Gasteiger partial charge >= 0.3 is 0 Å². The molecule has 0 unspecified atom stereocenters. The van der Waals surface area contributed by atoms with Crippen molar-refractivity contribution in [1.82, 2.24) is 0 Å². The lowest BCUT2D eigenvalue weighted by molar-refractivity contribution is -0.385. The van der Waals surface area contributed by atoms with E-state index in [0.717, 1.165) is 12.1 Å². The second kappa shape index (κ2) is 5.19. The van der Waals surface area contributed by atoms with E-state index in [4.69, 9.17) is 0 Å². The maximum absolute atomic E-state index is 11.9. The number of alkyl halides is 2. The van der Waals surface area contributed by atoms with Gasteiger partial charge in [0.15, 0.2) is 0 Å². The van der Waals surface area contributed by atoms with Crippen LogP contribution in [0.5, 0.6) is 5.75 Å². The van der Waals surface area contributed by atoms with Gasteiger partial charge < -0.3 is 14.6 Å². The van der Waals surface area contributed by atoms with E-state index >= 15 is 0 Å². The van der Waals surface area contributed by atoms with E-state index in [9.17, 15) is 28.8 Å². The number of aromatic carboxylic acids is 1. The predicted octanol–water partition coefficient (Wildman–Crippen LogP) is 0.602. The van der Waals surface area contributed by atoms with Gasteiger partial charge in [0.25, 0.3) is 12.1 Å². The number of hydrogen-bond donors (Lipinski definition) is 0. The zero-order valence-corrected chi connectivity index (χ0v) is 8.26. The van der Waals surface area contributed by atoms with E-state index < -0.39 is 40.9 Å². The van der Waals surface area contributed by atoms with E-state index in [2.05, 4.69) is 4.74 Å². The van der Waals surface area contributed by atoms with Crippen LogP contribution in [0.2, 0.25) is 0 Å². The summed E-state index contributed by atoms with van der Waals surface area (Å²) in [7, 11) is 0. The summed E-state index contributed by atoms with van der Waals surface area (Å²) < 4.78 is 28.2. The number of nitro groups is 1. The van der Waals surface area contributed by atoms with E-state index in [-0.39, 0.29) is 0 Å². The Hall–Kier alpha value is -2.25. The van der Waals surface area contributed by atoms with Gasteiger partial charge in [0, 0.05) is 17.7 Å². The summed E-state index contributed by atoms with van der Waals surface area (Å²) in [5, 5.41) is 21.0. The Kier molecular flexibility index (Phi) is 3.91. The fraction of sp³-hybridized carbons (Fsp3) is 0.222. The molecule has 92 valence electrons. The predicted molar refractivity (Wildman–Crippen MR) is 48.9 cm³/mol. The second-order valence-corrected chi connectivity index (χ2v) is 2.93. The SMILES string of the molecule is O=C([O-])c1cc([N+](=O)[O-])ccc1OCC(F)F. The molecule has 1 aromatic carbocycles. The summed E-state index contributed by atoms with van der Waals surface area (Å²) in [6, 6.07) is 2.58. The number of carbonyl (C=O) groups is 1. The molecular weight excluding hydrogens is 240 g/mol. The van der Waals surface area contributed by atoms with Gasteiger partial charge in [-0.15, -0.1) is 0 Å². The molecule has 1 aromatic rings. The highest BCUT2D eigenvalue weighted by Gasteiger charge is 2.14. The molecule has 0 atom stereocenters. The summed E-state index contributed by atoms with van der Waals surface area (Å²) in [5.41, 5.74) is -1.13. The van der Waals surface area contributed by atoms with Crippen molar-refractivity contribution in [1.29, 1.82) is 0 Å². The summed E-state index contributed by atoms with van der Waals surface area (Å²) in [4.78, 5) is 20.2. The van der Waals surface area contributed by atoms with Crippen molar-refractivity contribution < 1.29 is 28.3 Å². The molecule has 0 aliphatic rings. The van der Waals surface area contributed by atoms with Crippen LogP contribution in [0.1, 0.15) is 10.4 Å². The number of nitro benzene ring substituents is 1. The van der Waals surface area contributed by atoms with E-state index in [0.29, 0.717) is 6.07 Å². The lowest BCUT2D eigenvalue weighted by Crippen LogP contribution is -2.23. The van der Waals surface area contributed by atoms with Crippen LogP contribution in [-0.4, -0.2) is 23.9 Å². The molecule has 0 amide bonds. The van der Waals surface area contributed by atoms with Crippen LogP contribution in [0.4, 0.5) is 14.5 Å². The van der Waals surface area contributed by atoms with Crippen molar-refractivity contribution >= 4 is 11.7 Å². The molecule has 1 rings (SSSR count). The number of rotatable bonds is 5. The van der Waals surface area contributed by atoms with Gasteiger partial charge in [0.1, 0.15) is 12.4 Å². The number of nitrogens with zero attached hydrogens (tertiary/aromatic N) is 1. The third-order valence-electron chi connectivity index (χ3n) is 1.76. The second-order valence-electron chi connectivity index (χ2n) is 2.93. The third-order valence-corrected chi connectivity index (χ3v) is 1.76. The summed E-state index contributed by atoms with van der Waals surface area (Å²) in [5.74, 6) is -2.13. The zero-order valence-electron chi connectivity index (χ0n) is 8.26. The summed E-state index contributed by atoms with van der Waals surface area (Å²) >= 11 is 0. The number of carbonyl (C=O) groups excluding carboxylic acids is 1. The van der Waals surface area contributed by atoms with Crippen molar-refractivity contribution in [2.45, 2.75) is 6.43 Å². The molecule has 0 bridgehead atoms. The van der Waals surface area contributed by atoms with E-state index in [1.807, 2.05) is 0 Å². The zero-order chi connectivity index (χ0) is 13.0. The Morgan fingerprint density at radius 1 is 1.47 bits per heavy atom. The smallest absolute Gasteiger partial charge is 0.272 e. The Balaban J connectivity index is 3.04. The quantitative estimate of drug-likeness (QED) is 0.560. The molecule has 0 heterocycles. The molecule has 8 heteroatoms. The Morgan fingerprint density at radius 2 is 2.12 bits per heavy atom. The molecule has 0 aliphatic carbocycles. The van der Waals surface area contributed by atoms with Crippen molar-refractivity contribution in [2.24, 2.45) is 0 Å². The van der Waals surface area contributed by atoms with Crippen LogP contribution in [0.15, 0.2) is 18.2 Å². The van der Waals surface area contributed by atoms with Crippen LogP contribution >= 0.6 is 0 Å². The molecule has 17 heavy (non-hydrogen) atoms. The first-order chi connectivity index (χ1) is 7.91. The maximum atomic E-state index is 11.9. The first kappa shape index (κ1) is 12.8. The van der Waals surface area contributed by atoms with Crippen LogP contribution < -0.4 is 9.84 Å². The summed E-state index contributed by atoms with van der Waals surface area (Å²) in [6.45, 7) is -1.00. The molecule has 0 N–H and O–H groups in total. The number of ether oxygens (including phenoxy) is 1. The maximum Gasteiger partial charge on any atom is 0.272 e. The largest absolute Gasteiger partial charge is 0.545 e. The number of benzene rings is 1. The lowest BCUT2D eigenvalue weighted by atomic mass is 10.2. The molecule has 0 spiro atoms. The minimum absolute atomic E-state index is 0.393. The molecule has 0 radical (unpaired) electrons. The fourth-order valence-corrected chi connectivity index (χ4v) is 1.07. The van der Waals surface area contributed by atoms with Gasteiger partial charge in [0.2, 0.25) is 0 Å². The fourth-order valence-electron chi connectivity index (χ4n) is 1.07. The number of carboxylic acids is 1. The number of hydrogen-bond acceptors (Lipinski definition) is 5. The first-order valence-electron chi connectivity index (χ1n) is 4.32. The number of non-ortho nitro benzene ring substituents is 1. The molecule has 0 saturated heterocycles. The highest BCUT2D eigenvalue weighted by molar-refractivity contribution is 5.90. The highest BCUT2D eigenvalue weighted by atomic mass is 19.3. The molecule has 6 nitrogen and oxygen atoms in total. The molecule has 0 aliphatic heterocycles. The number of carboxylic acid groups (broad SMARTS) is 1. The number of halogens is 2. The van der Waals surface area contributed by atoms with E-state index in [1.54, 1.807) is 0 Å². The van der Waals surface area contributed by atoms with Gasteiger partial charge in [0.05, 0.1) is 10.9 Å². The molecular formula is C9H6F2NO5-. The molecule has 0 fully saturated rings. The first-order valence-corrected chi connectivity index (χ1v) is 4.32. The highest BCUT2D eigenvalue weighted by Crippen LogP contribution is 2.24. The monoisotopic (exact) mass is 246 g/mol. The third kappa shape index (κ3) is 3.37. The van der Waals surface area contributed by atoms with Crippen LogP contribution in [0.3, 0.4) is 0 Å². The normalized spacial score (nSPS) is 10.3. The van der Waals surface area contributed by atoms with E-state index in [1.165, 1.54) is 0 Å². The van der Waals surface area contributed by atoms with Gasteiger partial charge in [-0.3, -0.25) is 10.1 Å². The average molecular weight is 246 g/mol. The molecule has 0 saturated carbocycles. The van der Waals surface area contributed by atoms with Gasteiger partial charge in [-0.05, 0) is 6.07 Å². The summed E-state index contributed by atoms with van der Waals surface area (Å²) in [6.07, 6.45) is -2.78. The van der Waals surface area contributed by atoms with Crippen molar-refractivity contribution in [3.05, 3.63) is 33.9 Å². The lowest BCUT2D eigenvalue weighted by Gasteiger charge is -2.11. The van der Waals surface area contributed by atoms with Gasteiger partial charge in [-0.2, -0.15) is 0 Å². The Morgan fingerprint density at radius 3 is 2.59 bits per heavy atom. The van der Waals surface area contributed by atoms with Gasteiger partial charge in [-0.25, -0.2) is 8.78 Å². The van der Waals surface area contributed by atoms with Crippen molar-refractivity contribution in [3.63, 3.8) is 0 Å². The van der Waals surface area contributed by atoms with Crippen molar-refractivity contribution in [3.8, 4) is 5.75 Å². The standard InChI is InChI=1S/C9H7F2NO5/c10-8(11)4-17-7-2-1-5(12(15)16)3-6(7)9(13)14/h1-3,8H,4H2,(H,13,14)/p-1. The van der Waals surface area contributed by atoms with Crippen molar-refractivity contribution in [2.75, 3.05) is 6.61 Å². The topological polar surface area (TPSA) is 92.5 Å². The Bertz CT molecular complexity index is 449. The van der Waals surface area contributed by atoms with Gasteiger partial charge in [-0.1, -0.05) is 0 Å². The van der Waals surface area contributed by atoms with Crippen LogP contribution in [0.25, 0.3) is 0 Å². The van der Waals surface area contributed by atoms with Crippen LogP contribution in [-0.2, 0) is 0 Å². The average Bonchev–Trinajstić information content (AvgIpc) is 2.25. The minimum Gasteiger partial charge on any atom is -0.545 e. The Labute approximate surface area is 93.6 Å². The molecule has 0 aromatic heterocycles.